The average molecular weight is 337 g/mol. The third-order valence-corrected chi connectivity index (χ3v) is 5.43. The molecule has 3 heterocycles. The largest absolute Gasteiger partial charge is 0.378 e. The number of hydrogen-bond donors (Lipinski definition) is 1. The van der Waals surface area contributed by atoms with Crippen molar-refractivity contribution in [2.45, 2.75) is 26.3 Å². The summed E-state index contributed by atoms with van der Waals surface area (Å²) < 4.78 is 5.34. The number of ether oxygens (including phenoxy) is 1. The minimum atomic E-state index is 0.656. The number of aromatic nitrogens is 1. The molecule has 6 nitrogen and oxygen atoms in total. The Morgan fingerprint density at radius 1 is 1.35 bits per heavy atom. The van der Waals surface area contributed by atoms with Crippen molar-refractivity contribution in [3.63, 3.8) is 0 Å². The predicted molar refractivity (Wildman–Crippen MR) is 93.7 cm³/mol. The van der Waals surface area contributed by atoms with E-state index in [0.717, 1.165) is 57.5 Å². The van der Waals surface area contributed by atoms with Gasteiger partial charge in [-0.25, -0.2) is 4.98 Å². The van der Waals surface area contributed by atoms with E-state index in [-0.39, 0.29) is 0 Å². The summed E-state index contributed by atoms with van der Waals surface area (Å²) in [5, 5.41) is 3.33. The molecule has 0 saturated carbocycles. The molecule has 2 fully saturated rings. The molecule has 0 aromatic carbocycles. The monoisotopic (exact) mass is 337 g/mol. The van der Waals surface area contributed by atoms with Crippen LogP contribution in [0.25, 0.3) is 0 Å². The fraction of sp³-hybridized carbons (Fsp3) is 0.750. The fourth-order valence-electron chi connectivity index (χ4n) is 3.15. The molecule has 0 radical (unpaired) electrons. The number of aryl methyl sites for hydroxylation is 1. The van der Waals surface area contributed by atoms with Gasteiger partial charge in [-0.1, -0.05) is 0 Å². The van der Waals surface area contributed by atoms with Crippen molar-refractivity contribution in [3.05, 3.63) is 16.1 Å². The summed E-state index contributed by atoms with van der Waals surface area (Å²) in [6.45, 7) is 9.40. The third-order valence-electron chi connectivity index (χ3n) is 4.61. The van der Waals surface area contributed by atoms with Gasteiger partial charge >= 0.3 is 0 Å². The van der Waals surface area contributed by atoms with Gasteiger partial charge in [-0.05, 0) is 38.8 Å². The zero-order valence-corrected chi connectivity index (χ0v) is 14.7. The minimum absolute atomic E-state index is 0.656. The van der Waals surface area contributed by atoms with Gasteiger partial charge in [0.25, 0.3) is 0 Å². The fourth-order valence-corrected chi connectivity index (χ4v) is 3.76. The molecule has 0 spiro atoms. The molecular formula is C16H27N5OS. The quantitative estimate of drug-likeness (QED) is 0.663. The molecule has 2 N–H and O–H groups in total. The van der Waals surface area contributed by atoms with Gasteiger partial charge in [0.2, 0.25) is 0 Å². The van der Waals surface area contributed by atoms with E-state index in [9.17, 15) is 0 Å². The molecule has 2 saturated heterocycles. The van der Waals surface area contributed by atoms with E-state index >= 15 is 0 Å². The number of piperidine rings is 1. The highest BCUT2D eigenvalue weighted by atomic mass is 32.1. The number of hydrogen-bond acceptors (Lipinski definition) is 5. The number of likely N-dealkylation sites (tertiary alicyclic amines) is 1. The SMILES string of the molecule is Cc1nc(CN2CCC(CN=C(N)N3CCOCC3)CC2)cs1. The lowest BCUT2D eigenvalue weighted by atomic mass is 9.97. The number of aliphatic imine (C=N–C) groups is 1. The van der Waals surface area contributed by atoms with Crippen LogP contribution in [0.3, 0.4) is 0 Å². The molecule has 3 rings (SSSR count). The highest BCUT2D eigenvalue weighted by molar-refractivity contribution is 7.09. The van der Waals surface area contributed by atoms with Crippen LogP contribution in [0.1, 0.15) is 23.5 Å². The maximum absolute atomic E-state index is 6.10. The molecule has 2 aliphatic heterocycles. The van der Waals surface area contributed by atoms with E-state index < -0.39 is 0 Å². The van der Waals surface area contributed by atoms with Gasteiger partial charge < -0.3 is 15.4 Å². The zero-order valence-electron chi connectivity index (χ0n) is 13.9. The summed E-state index contributed by atoms with van der Waals surface area (Å²) in [5.74, 6) is 1.34. The lowest BCUT2D eigenvalue weighted by Crippen LogP contribution is -2.45. The second kappa shape index (κ2) is 8.08. The Bertz CT molecular complexity index is 518. The normalized spacial score (nSPS) is 21.8. The standard InChI is InChI=1S/C16H27N5OS/c1-13-19-15(12-23-13)11-20-4-2-14(3-5-20)10-18-16(17)21-6-8-22-9-7-21/h12,14H,2-11H2,1H3,(H2,17,18). The van der Waals surface area contributed by atoms with Crippen molar-refractivity contribution >= 4 is 17.3 Å². The highest BCUT2D eigenvalue weighted by Gasteiger charge is 2.20. The van der Waals surface area contributed by atoms with Gasteiger partial charge in [-0.2, -0.15) is 0 Å². The van der Waals surface area contributed by atoms with E-state index in [1.165, 1.54) is 18.5 Å². The van der Waals surface area contributed by atoms with Crippen molar-refractivity contribution in [3.8, 4) is 0 Å². The molecule has 0 unspecified atom stereocenters. The average Bonchev–Trinajstić information content (AvgIpc) is 2.99. The summed E-state index contributed by atoms with van der Waals surface area (Å²) in [5.41, 5.74) is 7.31. The first kappa shape index (κ1) is 16.7. The molecule has 0 amide bonds. The molecular weight excluding hydrogens is 310 g/mol. The Balaban J connectivity index is 1.40. The lowest BCUT2D eigenvalue weighted by Gasteiger charge is -2.31. The smallest absolute Gasteiger partial charge is 0.191 e. The molecule has 7 heteroatoms. The van der Waals surface area contributed by atoms with Crippen LogP contribution in [0.5, 0.6) is 0 Å². The van der Waals surface area contributed by atoms with Crippen LogP contribution in [0.4, 0.5) is 0 Å². The van der Waals surface area contributed by atoms with Crippen LogP contribution in [0.2, 0.25) is 0 Å². The molecule has 0 aliphatic carbocycles. The van der Waals surface area contributed by atoms with Crippen LogP contribution in [-0.2, 0) is 11.3 Å². The maximum atomic E-state index is 6.10. The summed E-state index contributed by atoms with van der Waals surface area (Å²) in [6, 6.07) is 0. The van der Waals surface area contributed by atoms with Crippen LogP contribution in [-0.4, -0.2) is 66.7 Å². The highest BCUT2D eigenvalue weighted by Crippen LogP contribution is 2.20. The van der Waals surface area contributed by atoms with Crippen molar-refractivity contribution in [2.24, 2.45) is 16.6 Å². The third kappa shape index (κ3) is 4.89. The Labute approximate surface area is 142 Å². The van der Waals surface area contributed by atoms with Crippen LogP contribution < -0.4 is 5.73 Å². The van der Waals surface area contributed by atoms with E-state index in [1.807, 2.05) is 0 Å². The van der Waals surface area contributed by atoms with E-state index in [2.05, 4.69) is 32.1 Å². The van der Waals surface area contributed by atoms with Crippen LogP contribution in [0, 0.1) is 12.8 Å². The minimum Gasteiger partial charge on any atom is -0.378 e. The van der Waals surface area contributed by atoms with E-state index in [1.54, 1.807) is 11.3 Å². The second-order valence-electron chi connectivity index (χ2n) is 6.38. The van der Waals surface area contributed by atoms with Gasteiger partial charge in [0, 0.05) is 31.6 Å². The number of nitrogens with zero attached hydrogens (tertiary/aromatic N) is 4. The number of rotatable bonds is 4. The van der Waals surface area contributed by atoms with Crippen molar-refractivity contribution in [2.75, 3.05) is 45.9 Å². The number of guanidine groups is 1. The molecule has 23 heavy (non-hydrogen) atoms. The summed E-state index contributed by atoms with van der Waals surface area (Å²) in [7, 11) is 0. The predicted octanol–water partition coefficient (Wildman–Crippen LogP) is 1.31. The first-order valence-electron chi connectivity index (χ1n) is 8.46. The Kier molecular flexibility index (Phi) is 5.85. The Morgan fingerprint density at radius 3 is 2.74 bits per heavy atom. The van der Waals surface area contributed by atoms with Crippen LogP contribution in [0.15, 0.2) is 10.4 Å². The molecule has 1 aromatic heterocycles. The summed E-state index contributed by atoms with van der Waals surface area (Å²) in [6.07, 6.45) is 2.39. The first-order chi connectivity index (χ1) is 11.2. The van der Waals surface area contributed by atoms with Crippen molar-refractivity contribution in [1.29, 1.82) is 0 Å². The topological polar surface area (TPSA) is 67.0 Å². The Hall–Kier alpha value is -1.18. The Morgan fingerprint density at radius 2 is 2.09 bits per heavy atom. The second-order valence-corrected chi connectivity index (χ2v) is 7.44. The van der Waals surface area contributed by atoms with Crippen LogP contribution >= 0.6 is 11.3 Å². The maximum Gasteiger partial charge on any atom is 0.191 e. The first-order valence-corrected chi connectivity index (χ1v) is 9.34. The van der Waals surface area contributed by atoms with Gasteiger partial charge in [-0.15, -0.1) is 11.3 Å². The molecule has 0 bridgehead atoms. The van der Waals surface area contributed by atoms with Gasteiger partial charge in [0.15, 0.2) is 5.96 Å². The summed E-state index contributed by atoms with van der Waals surface area (Å²) >= 11 is 1.74. The molecule has 1 aromatic rings. The van der Waals surface area contributed by atoms with Gasteiger partial charge in [0.1, 0.15) is 0 Å². The van der Waals surface area contributed by atoms with E-state index in [4.69, 9.17) is 10.5 Å². The van der Waals surface area contributed by atoms with Crippen molar-refractivity contribution < 1.29 is 4.74 Å². The lowest BCUT2D eigenvalue weighted by molar-refractivity contribution is 0.0673. The van der Waals surface area contributed by atoms with Crippen molar-refractivity contribution in [1.82, 2.24) is 14.8 Å². The molecule has 128 valence electrons. The number of thiazole rings is 1. The van der Waals surface area contributed by atoms with Gasteiger partial charge in [0.05, 0.1) is 23.9 Å². The van der Waals surface area contributed by atoms with E-state index in [0.29, 0.717) is 11.9 Å². The summed E-state index contributed by atoms with van der Waals surface area (Å²) in [4.78, 5) is 13.8. The number of nitrogens with two attached hydrogens (primary N) is 1. The number of morpholine rings is 1. The molecule has 0 atom stereocenters. The van der Waals surface area contributed by atoms with Gasteiger partial charge in [-0.3, -0.25) is 9.89 Å². The zero-order chi connectivity index (χ0) is 16.1. The molecule has 2 aliphatic rings.